The van der Waals surface area contributed by atoms with Gasteiger partial charge in [-0.15, -0.1) is 0 Å². The molecule has 1 aliphatic carbocycles. The number of carbonyl (C=O) groups excluding carboxylic acids is 1. The highest BCUT2D eigenvalue weighted by atomic mass is 32.2. The molecular formula is C21H32O3S. The minimum absolute atomic E-state index is 0.157. The van der Waals surface area contributed by atoms with Gasteiger partial charge in [-0.2, -0.15) is 0 Å². The van der Waals surface area contributed by atoms with Crippen molar-refractivity contribution in [3.05, 3.63) is 29.8 Å². The maximum atomic E-state index is 13.0. The van der Waals surface area contributed by atoms with E-state index in [4.69, 9.17) is 4.74 Å². The van der Waals surface area contributed by atoms with Crippen molar-refractivity contribution in [2.45, 2.75) is 77.2 Å². The van der Waals surface area contributed by atoms with E-state index in [-0.39, 0.29) is 17.3 Å². The standard InChI is InChI=1S/C21H32O3S/c1-16-9-11-18(12-10-16)25(23)15-21(13-7-6-8-14-21)17(2)19(22)24-20(3,4)5/h9-12,17H,6-8,13-15H2,1-5H3/t17-,25?/m0/s1. The van der Waals surface area contributed by atoms with Gasteiger partial charge >= 0.3 is 5.97 Å². The number of hydrogen-bond acceptors (Lipinski definition) is 3. The molecule has 2 rings (SSSR count). The molecule has 1 aromatic carbocycles. The number of benzene rings is 1. The quantitative estimate of drug-likeness (QED) is 0.688. The second-order valence-electron chi connectivity index (χ2n) is 8.48. The molecule has 4 heteroatoms. The molecule has 140 valence electrons. The molecule has 1 unspecified atom stereocenters. The van der Waals surface area contributed by atoms with Gasteiger partial charge in [-0.25, -0.2) is 0 Å². The minimum Gasteiger partial charge on any atom is -0.460 e. The SMILES string of the molecule is Cc1ccc(S(=O)CC2([C@@H](C)C(=O)OC(C)(C)C)CCCCC2)cc1. The molecule has 25 heavy (non-hydrogen) atoms. The average Bonchev–Trinajstić information content (AvgIpc) is 2.54. The Labute approximate surface area is 155 Å². The van der Waals surface area contributed by atoms with Gasteiger partial charge in [0.15, 0.2) is 0 Å². The summed E-state index contributed by atoms with van der Waals surface area (Å²) in [6.45, 7) is 9.69. The van der Waals surface area contributed by atoms with Gasteiger partial charge in [0, 0.05) is 10.6 Å². The highest BCUT2D eigenvalue weighted by Gasteiger charge is 2.44. The summed E-state index contributed by atoms with van der Waals surface area (Å²) >= 11 is 0. The van der Waals surface area contributed by atoms with E-state index in [9.17, 15) is 9.00 Å². The third-order valence-corrected chi connectivity index (χ3v) is 6.87. The lowest BCUT2D eigenvalue weighted by Crippen LogP contribution is -2.43. The summed E-state index contributed by atoms with van der Waals surface area (Å²) in [5.74, 6) is 0.146. The van der Waals surface area contributed by atoms with Gasteiger partial charge in [0.1, 0.15) is 5.60 Å². The zero-order valence-electron chi connectivity index (χ0n) is 16.3. The summed E-state index contributed by atoms with van der Waals surface area (Å²) in [5, 5.41) is 0. The summed E-state index contributed by atoms with van der Waals surface area (Å²) in [5.41, 5.74) is 0.448. The molecule has 0 bridgehead atoms. The van der Waals surface area contributed by atoms with Crippen LogP contribution < -0.4 is 0 Å². The van der Waals surface area contributed by atoms with Crippen LogP contribution in [0.15, 0.2) is 29.2 Å². The predicted octanol–water partition coefficient (Wildman–Crippen LogP) is 5.03. The topological polar surface area (TPSA) is 43.4 Å². The number of rotatable bonds is 5. The first-order chi connectivity index (χ1) is 11.6. The van der Waals surface area contributed by atoms with E-state index in [0.717, 1.165) is 36.1 Å². The molecule has 0 N–H and O–H groups in total. The molecule has 0 aromatic heterocycles. The normalized spacial score (nSPS) is 19.9. The van der Waals surface area contributed by atoms with Gasteiger partial charge in [-0.05, 0) is 58.1 Å². The van der Waals surface area contributed by atoms with Crippen molar-refractivity contribution in [2.75, 3.05) is 5.75 Å². The van der Waals surface area contributed by atoms with Gasteiger partial charge in [-0.3, -0.25) is 9.00 Å². The largest absolute Gasteiger partial charge is 0.460 e. The maximum absolute atomic E-state index is 13.0. The molecule has 0 amide bonds. The lowest BCUT2D eigenvalue weighted by molar-refractivity contribution is -0.164. The van der Waals surface area contributed by atoms with E-state index >= 15 is 0 Å². The smallest absolute Gasteiger partial charge is 0.309 e. The van der Waals surface area contributed by atoms with Gasteiger partial charge in [-0.1, -0.05) is 43.9 Å². The summed E-state index contributed by atoms with van der Waals surface area (Å²) in [4.78, 5) is 13.6. The van der Waals surface area contributed by atoms with Crippen LogP contribution in [0, 0.1) is 18.3 Å². The Morgan fingerprint density at radius 3 is 2.24 bits per heavy atom. The second-order valence-corrected chi connectivity index (χ2v) is 9.93. The molecule has 0 spiro atoms. The lowest BCUT2D eigenvalue weighted by atomic mass is 9.67. The van der Waals surface area contributed by atoms with Crippen molar-refractivity contribution in [1.82, 2.24) is 0 Å². The molecule has 2 atom stereocenters. The average molecular weight is 365 g/mol. The highest BCUT2D eigenvalue weighted by molar-refractivity contribution is 7.85. The fraction of sp³-hybridized carbons (Fsp3) is 0.667. The molecule has 0 saturated heterocycles. The molecule has 1 aromatic rings. The fourth-order valence-electron chi connectivity index (χ4n) is 3.63. The first kappa shape index (κ1) is 20.2. The Balaban J connectivity index is 2.20. The van der Waals surface area contributed by atoms with E-state index in [0.29, 0.717) is 5.75 Å². The van der Waals surface area contributed by atoms with E-state index in [1.165, 1.54) is 6.42 Å². The maximum Gasteiger partial charge on any atom is 0.309 e. The van der Waals surface area contributed by atoms with E-state index < -0.39 is 16.4 Å². The van der Waals surface area contributed by atoms with E-state index in [1.54, 1.807) is 0 Å². The summed E-state index contributed by atoms with van der Waals surface area (Å²) in [6, 6.07) is 7.89. The van der Waals surface area contributed by atoms with Crippen LogP contribution in [-0.2, 0) is 20.3 Å². The molecular weight excluding hydrogens is 332 g/mol. The Hall–Kier alpha value is -1.16. The van der Waals surface area contributed by atoms with Crippen LogP contribution in [0.2, 0.25) is 0 Å². The number of aryl methyl sites for hydroxylation is 1. The van der Waals surface area contributed by atoms with Crippen molar-refractivity contribution in [1.29, 1.82) is 0 Å². The minimum atomic E-state index is -1.10. The van der Waals surface area contributed by atoms with Crippen LogP contribution in [0.3, 0.4) is 0 Å². The highest BCUT2D eigenvalue weighted by Crippen LogP contribution is 2.44. The van der Waals surface area contributed by atoms with Crippen LogP contribution in [0.25, 0.3) is 0 Å². The van der Waals surface area contributed by atoms with Crippen molar-refractivity contribution in [2.24, 2.45) is 11.3 Å². The zero-order chi connectivity index (χ0) is 18.7. The van der Waals surface area contributed by atoms with Crippen molar-refractivity contribution >= 4 is 16.8 Å². The first-order valence-electron chi connectivity index (χ1n) is 9.31. The molecule has 3 nitrogen and oxygen atoms in total. The van der Waals surface area contributed by atoms with Crippen LogP contribution in [0.1, 0.15) is 65.4 Å². The van der Waals surface area contributed by atoms with Crippen LogP contribution in [0.5, 0.6) is 0 Å². The van der Waals surface area contributed by atoms with Crippen LogP contribution in [0.4, 0.5) is 0 Å². The van der Waals surface area contributed by atoms with Crippen LogP contribution >= 0.6 is 0 Å². The van der Waals surface area contributed by atoms with Gasteiger partial charge in [0.2, 0.25) is 0 Å². The number of carbonyl (C=O) groups is 1. The third kappa shape index (κ3) is 5.40. The van der Waals surface area contributed by atoms with Gasteiger partial charge < -0.3 is 4.74 Å². The molecule has 1 fully saturated rings. The molecule has 1 aliphatic rings. The van der Waals surface area contributed by atoms with Crippen molar-refractivity contribution in [3.63, 3.8) is 0 Å². The third-order valence-electron chi connectivity index (χ3n) is 5.23. The second kappa shape index (κ2) is 8.03. The summed E-state index contributed by atoms with van der Waals surface area (Å²) in [7, 11) is -1.10. The summed E-state index contributed by atoms with van der Waals surface area (Å²) < 4.78 is 18.6. The van der Waals surface area contributed by atoms with Crippen molar-refractivity contribution < 1.29 is 13.7 Å². The monoisotopic (exact) mass is 364 g/mol. The zero-order valence-corrected chi connectivity index (χ0v) is 17.1. The van der Waals surface area contributed by atoms with Crippen molar-refractivity contribution in [3.8, 4) is 0 Å². The Kier molecular flexibility index (Phi) is 6.47. The summed E-state index contributed by atoms with van der Waals surface area (Å²) in [6.07, 6.45) is 5.28. The predicted molar refractivity (Wildman–Crippen MR) is 103 cm³/mol. The van der Waals surface area contributed by atoms with Gasteiger partial charge in [0.25, 0.3) is 0 Å². The number of hydrogen-bond donors (Lipinski definition) is 0. The molecule has 0 heterocycles. The Morgan fingerprint density at radius 1 is 1.16 bits per heavy atom. The first-order valence-corrected chi connectivity index (χ1v) is 10.6. The molecule has 0 radical (unpaired) electrons. The Bertz CT molecular complexity index is 607. The molecule has 0 aliphatic heterocycles. The van der Waals surface area contributed by atoms with Crippen LogP contribution in [-0.4, -0.2) is 21.5 Å². The number of esters is 1. The molecule has 1 saturated carbocycles. The van der Waals surface area contributed by atoms with E-state index in [1.807, 2.05) is 58.9 Å². The van der Waals surface area contributed by atoms with Gasteiger partial charge in [0.05, 0.1) is 16.7 Å². The fourth-order valence-corrected chi connectivity index (χ4v) is 5.30. The number of ether oxygens (including phenoxy) is 1. The van der Waals surface area contributed by atoms with E-state index in [2.05, 4.69) is 0 Å². The lowest BCUT2D eigenvalue weighted by Gasteiger charge is -2.41. The Morgan fingerprint density at radius 2 is 1.72 bits per heavy atom.